The molecule has 1 aromatic rings. The number of nitrogens with zero attached hydrogens (tertiary/aromatic N) is 2. The first kappa shape index (κ1) is 11.3. The molecule has 1 rings (SSSR count). The molecule has 3 N–H and O–H groups in total. The van der Waals surface area contributed by atoms with Gasteiger partial charge in [-0.25, -0.2) is 5.53 Å². The van der Waals surface area contributed by atoms with Crippen molar-refractivity contribution in [1.82, 2.24) is 0 Å². The molecule has 0 aliphatic heterocycles. The number of hydrazone groups is 1. The van der Waals surface area contributed by atoms with Gasteiger partial charge in [0.25, 0.3) is 10.1 Å². The van der Waals surface area contributed by atoms with Crippen LogP contribution >= 0.6 is 0 Å². The summed E-state index contributed by atoms with van der Waals surface area (Å²) in [4.78, 5) is -0.285. The van der Waals surface area contributed by atoms with Gasteiger partial charge in [0.1, 0.15) is 4.90 Å². The standard InChI is InChI=1S/C7H8N4O3S/c8-9-5-10-11-6-3-1-2-4-7(6)15(12,13)14/h1-5,8,11H,(H,12,13,14). The number of hydrogen-bond acceptors (Lipinski definition) is 5. The van der Waals surface area contributed by atoms with Gasteiger partial charge in [0.15, 0.2) is 6.34 Å². The van der Waals surface area contributed by atoms with Crippen LogP contribution in [-0.4, -0.2) is 19.3 Å². The molecule has 0 radical (unpaired) electrons. The second-order valence-corrected chi connectivity index (χ2v) is 3.85. The zero-order valence-electron chi connectivity index (χ0n) is 7.45. The van der Waals surface area contributed by atoms with Crippen molar-refractivity contribution < 1.29 is 13.0 Å². The predicted molar refractivity (Wildman–Crippen MR) is 53.5 cm³/mol. The van der Waals surface area contributed by atoms with Gasteiger partial charge < -0.3 is 0 Å². The van der Waals surface area contributed by atoms with Crippen LogP contribution in [0.2, 0.25) is 0 Å². The van der Waals surface area contributed by atoms with Gasteiger partial charge >= 0.3 is 0 Å². The van der Waals surface area contributed by atoms with E-state index in [-0.39, 0.29) is 10.6 Å². The van der Waals surface area contributed by atoms with Gasteiger partial charge in [0, 0.05) is 0 Å². The van der Waals surface area contributed by atoms with E-state index in [1.54, 1.807) is 6.07 Å². The Morgan fingerprint density at radius 3 is 2.67 bits per heavy atom. The summed E-state index contributed by atoms with van der Waals surface area (Å²) in [5.74, 6) is 0. The van der Waals surface area contributed by atoms with Crippen molar-refractivity contribution in [2.45, 2.75) is 4.90 Å². The van der Waals surface area contributed by atoms with Crippen LogP contribution in [0.4, 0.5) is 5.69 Å². The Bertz CT molecular complexity index is 483. The van der Waals surface area contributed by atoms with E-state index in [0.29, 0.717) is 0 Å². The third-order valence-corrected chi connectivity index (χ3v) is 2.38. The van der Waals surface area contributed by atoms with Gasteiger partial charge in [-0.15, -0.1) is 5.11 Å². The highest BCUT2D eigenvalue weighted by Gasteiger charge is 2.13. The van der Waals surface area contributed by atoms with Gasteiger partial charge in [-0.05, 0) is 12.1 Å². The normalized spacial score (nSPS) is 11.5. The van der Waals surface area contributed by atoms with Crippen LogP contribution in [0.5, 0.6) is 0 Å². The highest BCUT2D eigenvalue weighted by atomic mass is 32.2. The van der Waals surface area contributed by atoms with E-state index in [0.717, 1.165) is 6.34 Å². The lowest BCUT2D eigenvalue weighted by atomic mass is 10.3. The monoisotopic (exact) mass is 228 g/mol. The van der Waals surface area contributed by atoms with E-state index in [4.69, 9.17) is 10.1 Å². The lowest BCUT2D eigenvalue weighted by Crippen LogP contribution is -2.02. The van der Waals surface area contributed by atoms with E-state index < -0.39 is 10.1 Å². The Labute approximate surface area is 86.1 Å². The zero-order valence-corrected chi connectivity index (χ0v) is 8.27. The maximum absolute atomic E-state index is 10.9. The molecule has 0 spiro atoms. The third kappa shape index (κ3) is 3.11. The summed E-state index contributed by atoms with van der Waals surface area (Å²) < 4.78 is 30.6. The van der Waals surface area contributed by atoms with Gasteiger partial charge in [0.2, 0.25) is 0 Å². The van der Waals surface area contributed by atoms with E-state index in [2.05, 4.69) is 15.6 Å². The van der Waals surface area contributed by atoms with Crippen LogP contribution in [0.1, 0.15) is 0 Å². The molecule has 0 fully saturated rings. The molecule has 80 valence electrons. The number of benzene rings is 1. The fourth-order valence-electron chi connectivity index (χ4n) is 0.911. The molecule has 7 nitrogen and oxygen atoms in total. The Hall–Kier alpha value is -1.80. The number of rotatable bonds is 4. The smallest absolute Gasteiger partial charge is 0.282 e. The molecule has 0 unspecified atom stereocenters. The average Bonchev–Trinajstić information content (AvgIpc) is 2.17. The Morgan fingerprint density at radius 1 is 1.40 bits per heavy atom. The molecular formula is C7H8N4O3S. The quantitative estimate of drug-likeness (QED) is 0.237. The highest BCUT2D eigenvalue weighted by Crippen LogP contribution is 2.19. The van der Waals surface area contributed by atoms with Crippen molar-refractivity contribution in [1.29, 1.82) is 5.53 Å². The SMILES string of the molecule is N=NC=NNc1ccccc1S(=O)(=O)O. The maximum atomic E-state index is 10.9. The van der Waals surface area contributed by atoms with Crippen molar-refractivity contribution in [3.05, 3.63) is 24.3 Å². The summed E-state index contributed by atoms with van der Waals surface area (Å²) in [6, 6.07) is 5.69. The highest BCUT2D eigenvalue weighted by molar-refractivity contribution is 7.86. The Kier molecular flexibility index (Phi) is 3.47. The fourth-order valence-corrected chi connectivity index (χ4v) is 1.55. The van der Waals surface area contributed by atoms with Crippen molar-refractivity contribution in [3.8, 4) is 0 Å². The first-order valence-corrected chi connectivity index (χ1v) is 5.20. The Morgan fingerprint density at radius 2 is 2.07 bits per heavy atom. The zero-order chi connectivity index (χ0) is 11.3. The average molecular weight is 228 g/mol. The van der Waals surface area contributed by atoms with E-state index >= 15 is 0 Å². The molecule has 0 bridgehead atoms. The molecule has 0 atom stereocenters. The second kappa shape index (κ2) is 4.62. The van der Waals surface area contributed by atoms with Crippen molar-refractivity contribution >= 4 is 22.1 Å². The van der Waals surface area contributed by atoms with Crippen LogP contribution < -0.4 is 5.43 Å². The van der Waals surface area contributed by atoms with Crippen LogP contribution in [0.3, 0.4) is 0 Å². The molecule has 15 heavy (non-hydrogen) atoms. The van der Waals surface area contributed by atoms with E-state index in [1.807, 2.05) is 0 Å². The summed E-state index contributed by atoms with van der Waals surface area (Å²) in [7, 11) is -4.28. The largest absolute Gasteiger partial charge is 0.296 e. The molecule has 0 aliphatic carbocycles. The molecule has 0 saturated heterocycles. The third-order valence-electron chi connectivity index (χ3n) is 1.47. The summed E-state index contributed by atoms with van der Waals surface area (Å²) in [5, 5.41) is 6.26. The number of anilines is 1. The van der Waals surface area contributed by atoms with E-state index in [9.17, 15) is 8.42 Å². The topological polar surface area (TPSA) is 115 Å². The minimum Gasteiger partial charge on any atom is -0.282 e. The van der Waals surface area contributed by atoms with Gasteiger partial charge in [-0.1, -0.05) is 12.1 Å². The number of para-hydroxylation sites is 1. The number of nitrogens with one attached hydrogen (secondary N) is 2. The molecule has 0 saturated carbocycles. The fraction of sp³-hybridized carbons (Fsp3) is 0. The lowest BCUT2D eigenvalue weighted by Gasteiger charge is -2.04. The first-order chi connectivity index (χ1) is 7.05. The van der Waals surface area contributed by atoms with Crippen LogP contribution in [0.25, 0.3) is 0 Å². The molecule has 1 aromatic carbocycles. The lowest BCUT2D eigenvalue weighted by molar-refractivity contribution is 0.483. The maximum Gasteiger partial charge on any atom is 0.296 e. The van der Waals surface area contributed by atoms with Gasteiger partial charge in [-0.2, -0.15) is 13.5 Å². The van der Waals surface area contributed by atoms with Crippen molar-refractivity contribution in [2.24, 2.45) is 10.2 Å². The molecular weight excluding hydrogens is 220 g/mol. The van der Waals surface area contributed by atoms with Gasteiger partial charge in [-0.3, -0.25) is 9.98 Å². The first-order valence-electron chi connectivity index (χ1n) is 3.76. The molecule has 0 aromatic heterocycles. The summed E-state index contributed by atoms with van der Waals surface area (Å²) in [6.07, 6.45) is 0.890. The second-order valence-electron chi connectivity index (χ2n) is 2.46. The summed E-state index contributed by atoms with van der Waals surface area (Å²) >= 11 is 0. The minimum absolute atomic E-state index is 0.111. The molecule has 0 amide bonds. The van der Waals surface area contributed by atoms with Crippen LogP contribution in [0, 0.1) is 5.53 Å². The minimum atomic E-state index is -4.28. The molecule has 0 aliphatic rings. The van der Waals surface area contributed by atoms with Crippen molar-refractivity contribution in [2.75, 3.05) is 5.43 Å². The van der Waals surface area contributed by atoms with Crippen LogP contribution in [0.15, 0.2) is 39.4 Å². The summed E-state index contributed by atoms with van der Waals surface area (Å²) in [5.41, 5.74) is 8.86. The van der Waals surface area contributed by atoms with Crippen molar-refractivity contribution in [3.63, 3.8) is 0 Å². The van der Waals surface area contributed by atoms with Crippen LogP contribution in [-0.2, 0) is 10.1 Å². The Balaban J connectivity index is 3.07. The van der Waals surface area contributed by atoms with Gasteiger partial charge in [0.05, 0.1) is 5.69 Å². The predicted octanol–water partition coefficient (Wildman–Crippen LogP) is 1.32. The molecule has 0 heterocycles. The number of hydrogen-bond donors (Lipinski definition) is 3. The van der Waals surface area contributed by atoms with E-state index in [1.165, 1.54) is 18.2 Å². The molecule has 8 heteroatoms. The summed E-state index contributed by atoms with van der Waals surface area (Å²) in [6.45, 7) is 0.